The van der Waals surface area contributed by atoms with E-state index in [0.717, 1.165) is 11.4 Å². The lowest BCUT2D eigenvalue weighted by Gasteiger charge is -2.25. The maximum absolute atomic E-state index is 12.3. The Labute approximate surface area is 202 Å². The molecule has 170 valence electrons. The van der Waals surface area contributed by atoms with Crippen molar-refractivity contribution in [2.75, 3.05) is 7.11 Å². The van der Waals surface area contributed by atoms with Crippen LogP contribution in [0.4, 0.5) is 0 Å². The number of esters is 1. The Kier molecular flexibility index (Phi) is 6.05. The van der Waals surface area contributed by atoms with Gasteiger partial charge in [-0.2, -0.15) is 0 Å². The van der Waals surface area contributed by atoms with Crippen LogP contribution in [0.25, 0.3) is 11.3 Å². The van der Waals surface area contributed by atoms with E-state index in [0.29, 0.717) is 34.3 Å². The van der Waals surface area contributed by atoms with Gasteiger partial charge in [-0.05, 0) is 54.7 Å². The van der Waals surface area contributed by atoms with E-state index in [1.165, 1.54) is 7.11 Å². The number of pyridine rings is 2. The van der Waals surface area contributed by atoms with Gasteiger partial charge in [-0.1, -0.05) is 30.3 Å². The summed E-state index contributed by atoms with van der Waals surface area (Å²) in [4.78, 5) is 23.4. The fraction of sp³-hybridized carbons (Fsp3) is 0.154. The molecule has 3 aromatic heterocycles. The Bertz CT molecular complexity index is 1310. The van der Waals surface area contributed by atoms with Crippen molar-refractivity contribution in [2.24, 2.45) is 0 Å². The van der Waals surface area contributed by atoms with Crippen molar-refractivity contribution in [3.63, 3.8) is 0 Å². The average Bonchev–Trinajstić information content (AvgIpc) is 3.49. The van der Waals surface area contributed by atoms with Crippen molar-refractivity contribution < 1.29 is 13.9 Å². The number of benzene rings is 1. The molecule has 8 heteroatoms. The number of aromatic nitrogens is 2. The van der Waals surface area contributed by atoms with Crippen molar-refractivity contribution in [3.05, 3.63) is 108 Å². The highest BCUT2D eigenvalue weighted by Crippen LogP contribution is 2.41. The number of thiocarbonyl (C=S) groups is 1. The number of carbonyl (C=O) groups is 1. The molecule has 4 heterocycles. The summed E-state index contributed by atoms with van der Waals surface area (Å²) in [6.07, 6.45) is 3.53. The molecule has 7 nitrogen and oxygen atoms in total. The fourth-order valence-electron chi connectivity index (χ4n) is 4.19. The van der Waals surface area contributed by atoms with E-state index < -0.39 is 5.97 Å². The van der Waals surface area contributed by atoms with Crippen LogP contribution in [0.3, 0.4) is 0 Å². The zero-order chi connectivity index (χ0) is 23.5. The maximum atomic E-state index is 12.3. The SMILES string of the molecule is COC(=O)c1ccccc1-c1ccc([C@@H]2[C@H](c3ccccn3)NC(=S)N2Cc2ccccn2)o1. The molecule has 34 heavy (non-hydrogen) atoms. The molecule has 4 aromatic rings. The van der Waals surface area contributed by atoms with Crippen molar-refractivity contribution >= 4 is 23.3 Å². The summed E-state index contributed by atoms with van der Waals surface area (Å²) >= 11 is 5.72. The third-order valence-electron chi connectivity index (χ3n) is 5.77. The number of methoxy groups -OCH3 is 1. The molecule has 1 fully saturated rings. The molecule has 5 rings (SSSR count). The second-order valence-electron chi connectivity index (χ2n) is 7.81. The molecular weight excluding hydrogens is 448 g/mol. The Hall–Kier alpha value is -4.04. The van der Waals surface area contributed by atoms with E-state index in [-0.39, 0.29) is 12.1 Å². The lowest BCUT2D eigenvalue weighted by molar-refractivity contribution is 0.0601. The number of carbonyl (C=O) groups excluding carboxylic acids is 1. The molecule has 1 N–H and O–H groups in total. The molecule has 0 bridgehead atoms. The summed E-state index contributed by atoms with van der Waals surface area (Å²) < 4.78 is 11.3. The molecule has 1 aromatic carbocycles. The summed E-state index contributed by atoms with van der Waals surface area (Å²) in [6, 6.07) is 22.1. The van der Waals surface area contributed by atoms with E-state index in [2.05, 4.69) is 20.2 Å². The van der Waals surface area contributed by atoms with Gasteiger partial charge in [0, 0.05) is 18.0 Å². The Morgan fingerprint density at radius 3 is 2.53 bits per heavy atom. The molecule has 0 saturated carbocycles. The van der Waals surface area contributed by atoms with E-state index in [4.69, 9.17) is 21.4 Å². The third-order valence-corrected chi connectivity index (χ3v) is 6.12. The fourth-order valence-corrected chi connectivity index (χ4v) is 4.50. The van der Waals surface area contributed by atoms with Crippen LogP contribution in [0.5, 0.6) is 0 Å². The molecule has 2 atom stereocenters. The number of ether oxygens (including phenoxy) is 1. The third kappa shape index (κ3) is 4.15. The minimum atomic E-state index is -0.416. The Morgan fingerprint density at radius 2 is 1.79 bits per heavy atom. The molecule has 0 radical (unpaired) electrons. The van der Waals surface area contributed by atoms with Gasteiger partial charge in [0.05, 0.1) is 36.6 Å². The second kappa shape index (κ2) is 9.44. The number of hydrogen-bond acceptors (Lipinski definition) is 6. The van der Waals surface area contributed by atoms with Crippen LogP contribution >= 0.6 is 12.2 Å². The van der Waals surface area contributed by atoms with Gasteiger partial charge in [-0.25, -0.2) is 4.79 Å². The molecule has 1 aliphatic heterocycles. The largest absolute Gasteiger partial charge is 0.465 e. The zero-order valence-electron chi connectivity index (χ0n) is 18.4. The van der Waals surface area contributed by atoms with Gasteiger partial charge in [0.15, 0.2) is 5.11 Å². The molecule has 0 unspecified atom stereocenters. The topological polar surface area (TPSA) is 80.5 Å². The van der Waals surface area contributed by atoms with Crippen LogP contribution in [-0.2, 0) is 11.3 Å². The molecule has 0 amide bonds. The van der Waals surface area contributed by atoms with E-state index >= 15 is 0 Å². The van der Waals surface area contributed by atoms with Crippen LogP contribution in [-0.4, -0.2) is 33.1 Å². The van der Waals surface area contributed by atoms with Gasteiger partial charge in [0.25, 0.3) is 0 Å². The van der Waals surface area contributed by atoms with Gasteiger partial charge >= 0.3 is 5.97 Å². The van der Waals surface area contributed by atoms with Gasteiger partial charge < -0.3 is 19.4 Å². The van der Waals surface area contributed by atoms with Crippen LogP contribution in [0.1, 0.15) is 39.6 Å². The number of rotatable bonds is 6. The van der Waals surface area contributed by atoms with Gasteiger partial charge in [0.1, 0.15) is 17.6 Å². The molecule has 1 saturated heterocycles. The first-order chi connectivity index (χ1) is 16.7. The quantitative estimate of drug-likeness (QED) is 0.321. The van der Waals surface area contributed by atoms with Crippen LogP contribution < -0.4 is 5.32 Å². The van der Waals surface area contributed by atoms with E-state index in [1.807, 2.05) is 60.7 Å². The molecule has 1 aliphatic rings. The number of nitrogens with zero attached hydrogens (tertiary/aromatic N) is 3. The average molecular weight is 471 g/mol. The number of nitrogens with one attached hydrogen (secondary N) is 1. The van der Waals surface area contributed by atoms with Crippen LogP contribution in [0.15, 0.2) is 89.6 Å². The monoisotopic (exact) mass is 470 g/mol. The van der Waals surface area contributed by atoms with Gasteiger partial charge in [0.2, 0.25) is 0 Å². The molecule has 0 aliphatic carbocycles. The highest BCUT2D eigenvalue weighted by Gasteiger charge is 2.42. The van der Waals surface area contributed by atoms with Gasteiger partial charge in [-0.15, -0.1) is 0 Å². The predicted octanol–water partition coefficient (Wildman–Crippen LogP) is 4.70. The van der Waals surface area contributed by atoms with Crippen LogP contribution in [0.2, 0.25) is 0 Å². The van der Waals surface area contributed by atoms with E-state index in [9.17, 15) is 4.79 Å². The normalized spacial score (nSPS) is 17.4. The number of furan rings is 1. The lowest BCUT2D eigenvalue weighted by Crippen LogP contribution is -2.29. The molecule has 0 spiro atoms. The first kappa shape index (κ1) is 21.8. The summed E-state index contributed by atoms with van der Waals surface area (Å²) in [5.74, 6) is 0.861. The van der Waals surface area contributed by atoms with Crippen molar-refractivity contribution in [3.8, 4) is 11.3 Å². The standard InChI is InChI=1S/C26H22N4O3S/c1-32-25(31)19-10-3-2-9-18(19)21-12-13-22(33-21)24-23(20-11-5-7-15-28-20)29-26(34)30(24)16-17-8-4-6-14-27-17/h2-15,23-24H,16H2,1H3,(H,29,34)/t23-,24+/m0/s1. The summed E-state index contributed by atoms with van der Waals surface area (Å²) in [7, 11) is 1.37. The smallest absolute Gasteiger partial charge is 0.338 e. The van der Waals surface area contributed by atoms with Crippen molar-refractivity contribution in [1.29, 1.82) is 0 Å². The summed E-state index contributed by atoms with van der Waals surface area (Å²) in [5, 5.41) is 4.01. The first-order valence-electron chi connectivity index (χ1n) is 10.8. The highest BCUT2D eigenvalue weighted by atomic mass is 32.1. The number of hydrogen-bond donors (Lipinski definition) is 1. The first-order valence-corrected chi connectivity index (χ1v) is 11.2. The maximum Gasteiger partial charge on any atom is 0.338 e. The Balaban J connectivity index is 1.55. The summed E-state index contributed by atoms with van der Waals surface area (Å²) in [5.41, 5.74) is 2.85. The Morgan fingerprint density at radius 1 is 1.03 bits per heavy atom. The van der Waals surface area contributed by atoms with Crippen LogP contribution in [0, 0.1) is 0 Å². The van der Waals surface area contributed by atoms with Crippen molar-refractivity contribution in [1.82, 2.24) is 20.2 Å². The highest BCUT2D eigenvalue weighted by molar-refractivity contribution is 7.80. The molecular formula is C26H22N4O3S. The second-order valence-corrected chi connectivity index (χ2v) is 8.20. The minimum absolute atomic E-state index is 0.215. The minimum Gasteiger partial charge on any atom is -0.465 e. The van der Waals surface area contributed by atoms with Crippen molar-refractivity contribution in [2.45, 2.75) is 18.6 Å². The lowest BCUT2D eigenvalue weighted by atomic mass is 10.0. The zero-order valence-corrected chi connectivity index (χ0v) is 19.2. The summed E-state index contributed by atoms with van der Waals surface area (Å²) in [6.45, 7) is 0.509. The van der Waals surface area contributed by atoms with E-state index in [1.54, 1.807) is 24.5 Å². The predicted molar refractivity (Wildman–Crippen MR) is 131 cm³/mol. The van der Waals surface area contributed by atoms with Gasteiger partial charge in [-0.3, -0.25) is 9.97 Å².